The molecule has 2 saturated heterocycles. The van der Waals surface area contributed by atoms with Crippen LogP contribution in [0.25, 0.3) is 0 Å². The van der Waals surface area contributed by atoms with Crippen molar-refractivity contribution in [2.75, 3.05) is 39.4 Å². The van der Waals surface area contributed by atoms with Gasteiger partial charge in [0.2, 0.25) is 0 Å². The first-order chi connectivity index (χ1) is 39.0. The number of aliphatic hydroxyl groups is 2. The zero-order valence-electron chi connectivity index (χ0n) is 49.2. The smallest absolute Gasteiger partial charge is 0.303 e. The highest BCUT2D eigenvalue weighted by Crippen LogP contribution is 2.76. The molecule has 0 bridgehead atoms. The van der Waals surface area contributed by atoms with Gasteiger partial charge in [0.05, 0.1) is 23.0 Å². The minimum absolute atomic E-state index is 0. The standard InChI is InChI=1S/C33H39F2NO5.C25H31F2NO5.C8H9Br.ClH/c1-19-6-5-7-21(10-19)15-36-16-22-11-24-25-13-27(34)26-12-23(38)8-9-30(26,3)33(25,35)28(39)14-31(24,4)32(22,18-36)29(40)17-41-20(2)37;1-13(29)33-11-21(32)24-12-28-10-14(24)6-16-17-8-19(26)18-7-15(30)4-5-22(18,2)25(17,27)20(31)9-23(16,24)3;1-7-3-2-4-8(5-7)6-9;/h5-10,12,22,24-25,27-28,39H,11,13-18H2,1-4H3;4-5,7,14,16-17,19-20,28,31H,6,8-12H2,1-3H3;2-5H,6H2,1H3;1H/t22-,24-,25-,27-,28-,30-,31-,32+,33-;14-,16-,17-,19-,20-,22-,23-,24+,25-;;/m00../s1. The van der Waals surface area contributed by atoms with Crippen molar-refractivity contribution in [1.82, 2.24) is 10.2 Å². The average molecular weight is 1250 g/mol. The maximum Gasteiger partial charge on any atom is 0.303 e. The van der Waals surface area contributed by atoms with Gasteiger partial charge in [0.1, 0.15) is 12.3 Å². The molecule has 10 aliphatic rings. The quantitative estimate of drug-likeness (QED) is 0.123. The number of esters is 2. The minimum atomic E-state index is -2.19. The number of fused-ring (bicyclic) bond motifs is 14. The van der Waals surface area contributed by atoms with Gasteiger partial charge in [-0.25, -0.2) is 17.6 Å². The molecule has 0 radical (unpaired) electrons. The van der Waals surface area contributed by atoms with Crippen molar-refractivity contribution in [3.05, 3.63) is 118 Å². The molecule has 0 spiro atoms. The Kier molecular flexibility index (Phi) is 17.3. The number of Topliss-reactive ketones (excluding diaryl/α,β-unsaturated/α-hetero) is 2. The molecule has 84 heavy (non-hydrogen) atoms. The molecule has 6 saturated carbocycles. The third-order valence-corrected chi connectivity index (χ3v) is 23.5. The van der Waals surface area contributed by atoms with Gasteiger partial charge in [-0.05, 0) is 154 Å². The molecule has 2 aliphatic heterocycles. The van der Waals surface area contributed by atoms with E-state index in [1.54, 1.807) is 13.8 Å². The van der Waals surface area contributed by atoms with Crippen LogP contribution in [0, 0.1) is 81.8 Å². The first-order valence-corrected chi connectivity index (χ1v) is 30.5. The molecule has 0 amide bonds. The summed E-state index contributed by atoms with van der Waals surface area (Å²) < 4.78 is 76.4. The van der Waals surface area contributed by atoms with E-state index in [1.165, 1.54) is 61.4 Å². The number of nitrogens with one attached hydrogen (secondary N) is 1. The maximum absolute atomic E-state index is 17.6. The Morgan fingerprint density at radius 1 is 0.679 bits per heavy atom. The van der Waals surface area contributed by atoms with Crippen LogP contribution >= 0.6 is 28.3 Å². The van der Waals surface area contributed by atoms with Crippen LogP contribution in [0.1, 0.15) is 102 Å². The van der Waals surface area contributed by atoms with Gasteiger partial charge in [0.25, 0.3) is 0 Å². The Morgan fingerprint density at radius 3 is 1.60 bits per heavy atom. The second kappa shape index (κ2) is 22.8. The van der Waals surface area contributed by atoms with E-state index in [0.717, 1.165) is 16.5 Å². The molecule has 2 aromatic rings. The number of rotatable bonds is 9. The summed E-state index contributed by atoms with van der Waals surface area (Å²) in [4.78, 5) is 77.1. The van der Waals surface area contributed by atoms with Crippen molar-refractivity contribution in [1.29, 1.82) is 0 Å². The van der Waals surface area contributed by atoms with Gasteiger partial charge in [-0.1, -0.05) is 102 Å². The van der Waals surface area contributed by atoms with Crippen molar-refractivity contribution in [2.45, 2.75) is 142 Å². The molecule has 12 nitrogen and oxygen atoms in total. The van der Waals surface area contributed by atoms with Gasteiger partial charge in [0, 0.05) is 68.0 Å². The fraction of sp³-hybridized carbons (Fsp3) is 0.606. The SMILES string of the molecule is CC(=O)OCC(=O)[C@@]12CN(Cc3cccc(C)c3)C[C@@H]1C[C@H]1[C@@H]3C[C@H](F)C4=CC(=O)C=C[C@]4(C)[C@@]3(F)[C@@H](O)C[C@@]12C.CC(=O)OCC(=O)[C@@]12CNC[C@@H]1C[C@H]1[C@@H]3C[C@H](F)C4=CC(=O)C=C[C@]4(C)[C@@]3(F)[C@@H](O)C[C@@]12C.Cc1cccc(CBr)c1.Cl. The number of nitrogens with zero attached hydrogens (tertiary/aromatic N) is 1. The summed E-state index contributed by atoms with van der Waals surface area (Å²) >= 11 is 3.39. The molecule has 8 aliphatic carbocycles. The molecular weight excluding hydrogens is 1170 g/mol. The van der Waals surface area contributed by atoms with Gasteiger partial charge in [-0.3, -0.25) is 33.7 Å². The van der Waals surface area contributed by atoms with Crippen LogP contribution in [0.2, 0.25) is 0 Å². The molecular formula is C66H80BrClF4N2O10. The van der Waals surface area contributed by atoms with E-state index in [9.17, 15) is 39.0 Å². The molecule has 18 atom stereocenters. The Bertz CT molecular complexity index is 3140. The van der Waals surface area contributed by atoms with E-state index < -0.39 is 92.2 Å². The summed E-state index contributed by atoms with van der Waals surface area (Å²) in [5, 5.41) is 27.4. The number of alkyl halides is 5. The lowest BCUT2D eigenvalue weighted by atomic mass is 9.43. The Hall–Kier alpha value is -4.65. The largest absolute Gasteiger partial charge is 0.458 e. The highest BCUT2D eigenvalue weighted by Gasteiger charge is 2.80. The van der Waals surface area contributed by atoms with E-state index in [1.807, 2.05) is 32.9 Å². The fourth-order valence-electron chi connectivity index (χ4n) is 19.1. The summed E-state index contributed by atoms with van der Waals surface area (Å²) in [6, 6.07) is 16.7. The van der Waals surface area contributed by atoms with E-state index in [2.05, 4.69) is 69.5 Å². The first-order valence-electron chi connectivity index (χ1n) is 29.4. The van der Waals surface area contributed by atoms with Crippen LogP contribution in [-0.2, 0) is 50.1 Å². The number of hydrogen-bond acceptors (Lipinski definition) is 12. The topological polar surface area (TPSA) is 177 Å². The highest BCUT2D eigenvalue weighted by atomic mass is 79.9. The average Bonchev–Trinajstić information content (AvgIpc) is 1.37. The normalized spacial score (nSPS) is 41.7. The number of benzene rings is 2. The van der Waals surface area contributed by atoms with Crippen molar-refractivity contribution in [3.63, 3.8) is 0 Å². The Morgan fingerprint density at radius 2 is 1.13 bits per heavy atom. The number of halogens is 6. The lowest BCUT2D eigenvalue weighted by Gasteiger charge is -2.63. The summed E-state index contributed by atoms with van der Waals surface area (Å²) in [5.41, 5.74) is -5.67. The molecule has 12 rings (SSSR count). The lowest BCUT2D eigenvalue weighted by Crippen LogP contribution is -2.69. The molecule has 456 valence electrons. The lowest BCUT2D eigenvalue weighted by molar-refractivity contribution is -0.212. The zero-order valence-corrected chi connectivity index (χ0v) is 51.6. The van der Waals surface area contributed by atoms with Crippen LogP contribution in [-0.4, -0.2) is 125 Å². The number of ketones is 4. The minimum Gasteiger partial charge on any atom is -0.458 e. The molecule has 3 N–H and O–H groups in total. The zero-order chi connectivity index (χ0) is 60.2. The monoisotopic (exact) mass is 1250 g/mol. The van der Waals surface area contributed by atoms with Gasteiger partial charge in [-0.15, -0.1) is 12.4 Å². The molecule has 2 aromatic carbocycles. The number of aliphatic hydroxyl groups excluding tert-OH is 2. The second-order valence-electron chi connectivity index (χ2n) is 26.8. The van der Waals surface area contributed by atoms with Gasteiger partial charge in [-0.2, -0.15) is 0 Å². The molecule has 0 unspecified atom stereocenters. The van der Waals surface area contributed by atoms with Crippen molar-refractivity contribution < 1.29 is 66.0 Å². The predicted octanol–water partition coefficient (Wildman–Crippen LogP) is 10.0. The van der Waals surface area contributed by atoms with Gasteiger partial charge < -0.3 is 25.0 Å². The number of carbonyl (C=O) groups is 6. The summed E-state index contributed by atoms with van der Waals surface area (Å²) in [6.07, 6.45) is 2.65. The highest BCUT2D eigenvalue weighted by molar-refractivity contribution is 9.08. The van der Waals surface area contributed by atoms with Crippen LogP contribution in [0.5, 0.6) is 0 Å². The van der Waals surface area contributed by atoms with Crippen molar-refractivity contribution in [3.8, 4) is 0 Å². The van der Waals surface area contributed by atoms with E-state index in [4.69, 9.17) is 9.47 Å². The molecule has 2 heterocycles. The van der Waals surface area contributed by atoms with Crippen molar-refractivity contribution >= 4 is 63.4 Å². The van der Waals surface area contributed by atoms with Gasteiger partial charge >= 0.3 is 11.9 Å². The predicted molar refractivity (Wildman–Crippen MR) is 314 cm³/mol. The number of aryl methyl sites for hydroxylation is 2. The third kappa shape index (κ3) is 9.54. The van der Waals surface area contributed by atoms with Crippen LogP contribution < -0.4 is 5.32 Å². The summed E-state index contributed by atoms with van der Waals surface area (Å²) in [5.74, 6) is -4.93. The molecule has 8 fully saturated rings. The van der Waals surface area contributed by atoms with E-state index >= 15 is 17.6 Å². The fourth-order valence-corrected chi connectivity index (χ4v) is 19.5. The maximum atomic E-state index is 17.6. The summed E-state index contributed by atoms with van der Waals surface area (Å²) in [7, 11) is 0. The number of hydrogen-bond donors (Lipinski definition) is 3. The van der Waals surface area contributed by atoms with Gasteiger partial charge in [0.15, 0.2) is 47.7 Å². The number of likely N-dealkylation sites (tertiary alicyclic amines) is 1. The third-order valence-electron chi connectivity index (χ3n) is 22.8. The van der Waals surface area contributed by atoms with E-state index in [0.29, 0.717) is 45.6 Å². The van der Waals surface area contributed by atoms with E-state index in [-0.39, 0.29) is 109 Å². The number of allylic oxidation sites excluding steroid dienone is 8. The number of ether oxygens (including phenoxy) is 2. The first kappa shape index (κ1) is 63.8. The molecule has 18 heteroatoms. The second-order valence-corrected chi connectivity index (χ2v) is 27.4. The van der Waals surface area contributed by atoms with Crippen LogP contribution in [0.4, 0.5) is 17.6 Å². The Labute approximate surface area is 504 Å². The number of carbonyl (C=O) groups excluding carboxylic acids is 6. The van der Waals surface area contributed by atoms with Crippen molar-refractivity contribution in [2.24, 2.45) is 68.0 Å². The van der Waals surface area contributed by atoms with Crippen LogP contribution in [0.15, 0.2) is 96.1 Å². The Balaban J connectivity index is 0.000000176. The van der Waals surface area contributed by atoms with Crippen LogP contribution in [0.3, 0.4) is 0 Å². The summed E-state index contributed by atoms with van der Waals surface area (Å²) in [6.45, 7) is 15.5. The molecule has 0 aromatic heterocycles.